The van der Waals surface area contributed by atoms with E-state index < -0.39 is 0 Å². The van der Waals surface area contributed by atoms with E-state index in [4.69, 9.17) is 4.74 Å². The van der Waals surface area contributed by atoms with Crippen molar-refractivity contribution in [3.63, 3.8) is 0 Å². The number of hydrogen-bond donors (Lipinski definition) is 1. The van der Waals surface area contributed by atoms with Crippen LogP contribution in [0.25, 0.3) is 0 Å². The molecule has 1 aliphatic rings. The molecule has 0 amide bonds. The second-order valence-corrected chi connectivity index (χ2v) is 4.03. The maximum Gasteiger partial charge on any atom is 0.123 e. The molecule has 0 aromatic heterocycles. The number of nitrogens with one attached hydrogen (secondary N) is 1. The molecule has 1 aromatic carbocycles. The van der Waals surface area contributed by atoms with Gasteiger partial charge in [-0.2, -0.15) is 0 Å². The molecule has 1 aliphatic heterocycles. The van der Waals surface area contributed by atoms with E-state index in [2.05, 4.69) is 37.4 Å². The molecule has 0 saturated heterocycles. The first-order valence-electron chi connectivity index (χ1n) is 5.14. The Morgan fingerprint density at radius 1 is 1.43 bits per heavy atom. The molecule has 1 aromatic rings. The molecular weight excluding hydrogens is 174 g/mol. The van der Waals surface area contributed by atoms with Crippen molar-refractivity contribution in [1.82, 2.24) is 5.32 Å². The van der Waals surface area contributed by atoms with Gasteiger partial charge in [0.25, 0.3) is 0 Å². The van der Waals surface area contributed by atoms with E-state index in [9.17, 15) is 0 Å². The van der Waals surface area contributed by atoms with Crippen LogP contribution in [-0.2, 0) is 0 Å². The first kappa shape index (κ1) is 9.53. The smallest absolute Gasteiger partial charge is 0.123 e. The predicted octanol–water partition coefficient (Wildman–Crippen LogP) is 2.08. The number of hydrogen-bond acceptors (Lipinski definition) is 2. The standard InChI is InChI=1S/C12H17NO/c1-8-4-5-12-10(6-8)11(7-13-3)9(2)14-12/h4-6,9,11,13H,7H2,1-3H3. The normalized spacial score (nSPS) is 24.5. The van der Waals surface area contributed by atoms with Crippen LogP contribution in [0.3, 0.4) is 0 Å². The number of rotatable bonds is 2. The van der Waals surface area contributed by atoms with Gasteiger partial charge < -0.3 is 10.1 Å². The van der Waals surface area contributed by atoms with Crippen molar-refractivity contribution in [2.45, 2.75) is 25.9 Å². The molecular formula is C12H17NO. The van der Waals surface area contributed by atoms with Gasteiger partial charge in [0.05, 0.1) is 0 Å². The molecule has 0 aliphatic carbocycles. The Morgan fingerprint density at radius 2 is 2.21 bits per heavy atom. The molecule has 0 bridgehead atoms. The fraction of sp³-hybridized carbons (Fsp3) is 0.500. The van der Waals surface area contributed by atoms with Gasteiger partial charge in [-0.3, -0.25) is 0 Å². The Kier molecular flexibility index (Phi) is 2.46. The summed E-state index contributed by atoms with van der Waals surface area (Å²) in [5.74, 6) is 1.55. The fourth-order valence-electron chi connectivity index (χ4n) is 2.10. The van der Waals surface area contributed by atoms with Crippen LogP contribution >= 0.6 is 0 Å². The predicted molar refractivity (Wildman–Crippen MR) is 57.9 cm³/mol. The quantitative estimate of drug-likeness (QED) is 0.772. The molecule has 2 unspecified atom stereocenters. The van der Waals surface area contributed by atoms with Crippen LogP contribution in [0.5, 0.6) is 5.75 Å². The maximum atomic E-state index is 5.79. The molecule has 0 fully saturated rings. The van der Waals surface area contributed by atoms with Gasteiger partial charge in [0.15, 0.2) is 0 Å². The third-order valence-electron chi connectivity index (χ3n) is 2.87. The second kappa shape index (κ2) is 3.62. The van der Waals surface area contributed by atoms with Gasteiger partial charge >= 0.3 is 0 Å². The molecule has 0 spiro atoms. The third kappa shape index (κ3) is 1.50. The Morgan fingerprint density at radius 3 is 2.93 bits per heavy atom. The summed E-state index contributed by atoms with van der Waals surface area (Å²) in [7, 11) is 1.99. The van der Waals surface area contributed by atoms with Crippen LogP contribution in [0, 0.1) is 6.92 Å². The summed E-state index contributed by atoms with van der Waals surface area (Å²) in [5, 5.41) is 3.22. The van der Waals surface area contributed by atoms with Crippen LogP contribution in [0.15, 0.2) is 18.2 Å². The summed E-state index contributed by atoms with van der Waals surface area (Å²) >= 11 is 0. The van der Waals surface area contributed by atoms with Gasteiger partial charge in [-0.15, -0.1) is 0 Å². The summed E-state index contributed by atoms with van der Waals surface area (Å²) in [6, 6.07) is 6.42. The van der Waals surface area contributed by atoms with Crippen LogP contribution in [0.4, 0.5) is 0 Å². The summed E-state index contributed by atoms with van der Waals surface area (Å²) < 4.78 is 5.79. The Balaban J connectivity index is 2.34. The van der Waals surface area contributed by atoms with Crippen molar-refractivity contribution in [1.29, 1.82) is 0 Å². The Labute approximate surface area is 85.3 Å². The van der Waals surface area contributed by atoms with Gasteiger partial charge in [0.2, 0.25) is 0 Å². The highest BCUT2D eigenvalue weighted by Gasteiger charge is 2.30. The molecule has 1 heterocycles. The number of fused-ring (bicyclic) bond motifs is 1. The minimum absolute atomic E-state index is 0.291. The van der Waals surface area contributed by atoms with E-state index in [1.165, 1.54) is 11.1 Å². The van der Waals surface area contributed by atoms with E-state index in [0.29, 0.717) is 12.0 Å². The maximum absolute atomic E-state index is 5.79. The molecule has 1 N–H and O–H groups in total. The van der Waals surface area contributed by atoms with Crippen molar-refractivity contribution in [3.05, 3.63) is 29.3 Å². The van der Waals surface area contributed by atoms with Gasteiger partial charge in [-0.1, -0.05) is 17.7 Å². The summed E-state index contributed by atoms with van der Waals surface area (Å²) in [6.45, 7) is 5.24. The Hall–Kier alpha value is -1.02. The lowest BCUT2D eigenvalue weighted by molar-refractivity contribution is 0.225. The molecule has 0 radical (unpaired) electrons. The van der Waals surface area contributed by atoms with Crippen molar-refractivity contribution in [2.75, 3.05) is 13.6 Å². The fourth-order valence-corrected chi connectivity index (χ4v) is 2.10. The highest BCUT2D eigenvalue weighted by atomic mass is 16.5. The number of likely N-dealkylation sites (N-methyl/N-ethyl adjacent to an activating group) is 1. The van der Waals surface area contributed by atoms with E-state index in [1.54, 1.807) is 0 Å². The molecule has 0 saturated carbocycles. The highest BCUT2D eigenvalue weighted by Crippen LogP contribution is 2.38. The summed E-state index contributed by atoms with van der Waals surface area (Å²) in [5.41, 5.74) is 2.66. The zero-order valence-electron chi connectivity index (χ0n) is 9.00. The Bertz CT molecular complexity index is 335. The zero-order chi connectivity index (χ0) is 10.1. The number of aryl methyl sites for hydroxylation is 1. The topological polar surface area (TPSA) is 21.3 Å². The molecule has 2 heteroatoms. The van der Waals surface area contributed by atoms with Crippen LogP contribution in [0.2, 0.25) is 0 Å². The molecule has 2 atom stereocenters. The monoisotopic (exact) mass is 191 g/mol. The summed E-state index contributed by atoms with van der Waals surface area (Å²) in [6.07, 6.45) is 0.291. The van der Waals surface area contributed by atoms with Crippen LogP contribution < -0.4 is 10.1 Å². The van der Waals surface area contributed by atoms with Gasteiger partial charge in [0, 0.05) is 18.0 Å². The molecule has 2 rings (SSSR count). The van der Waals surface area contributed by atoms with E-state index in [0.717, 1.165) is 12.3 Å². The van der Waals surface area contributed by atoms with Crippen molar-refractivity contribution in [2.24, 2.45) is 0 Å². The van der Waals surface area contributed by atoms with Crippen LogP contribution in [-0.4, -0.2) is 19.7 Å². The van der Waals surface area contributed by atoms with Crippen LogP contribution in [0.1, 0.15) is 24.0 Å². The van der Waals surface area contributed by atoms with Gasteiger partial charge in [-0.25, -0.2) is 0 Å². The largest absolute Gasteiger partial charge is 0.490 e. The molecule has 2 nitrogen and oxygen atoms in total. The van der Waals surface area contributed by atoms with Crippen molar-refractivity contribution >= 4 is 0 Å². The van der Waals surface area contributed by atoms with E-state index >= 15 is 0 Å². The first-order chi connectivity index (χ1) is 6.72. The highest BCUT2D eigenvalue weighted by molar-refractivity contribution is 5.43. The van der Waals surface area contributed by atoms with E-state index in [1.807, 2.05) is 7.05 Å². The number of ether oxygens (including phenoxy) is 1. The lowest BCUT2D eigenvalue weighted by Gasteiger charge is -2.13. The van der Waals surface area contributed by atoms with Crippen molar-refractivity contribution in [3.8, 4) is 5.75 Å². The SMILES string of the molecule is CNCC1c2cc(C)ccc2OC1C. The second-order valence-electron chi connectivity index (χ2n) is 4.03. The molecule has 14 heavy (non-hydrogen) atoms. The van der Waals surface area contributed by atoms with Gasteiger partial charge in [-0.05, 0) is 27.0 Å². The first-order valence-corrected chi connectivity index (χ1v) is 5.14. The summed E-state index contributed by atoms with van der Waals surface area (Å²) in [4.78, 5) is 0. The van der Waals surface area contributed by atoms with Gasteiger partial charge in [0.1, 0.15) is 11.9 Å². The van der Waals surface area contributed by atoms with E-state index in [-0.39, 0.29) is 0 Å². The minimum Gasteiger partial charge on any atom is -0.490 e. The third-order valence-corrected chi connectivity index (χ3v) is 2.87. The lowest BCUT2D eigenvalue weighted by Crippen LogP contribution is -2.24. The lowest BCUT2D eigenvalue weighted by atomic mass is 9.95. The zero-order valence-corrected chi connectivity index (χ0v) is 9.00. The van der Waals surface area contributed by atoms with Crippen molar-refractivity contribution < 1.29 is 4.74 Å². The molecule has 76 valence electrons. The minimum atomic E-state index is 0.291. The average Bonchev–Trinajstić information content (AvgIpc) is 2.45. The average molecular weight is 191 g/mol. The number of benzene rings is 1.